The van der Waals surface area contributed by atoms with Gasteiger partial charge in [0.1, 0.15) is 5.71 Å². The lowest BCUT2D eigenvalue weighted by atomic mass is 10.3. The highest BCUT2D eigenvalue weighted by atomic mass is 19.4. The fourth-order valence-corrected chi connectivity index (χ4v) is 0.286. The number of hydrogen-bond acceptors (Lipinski definition) is 2. The van der Waals surface area contributed by atoms with Gasteiger partial charge in [0.2, 0.25) is 0 Å². The molecule has 0 fully saturated rings. The molecule has 0 saturated heterocycles. The van der Waals surface area contributed by atoms with Crippen LogP contribution in [0.15, 0.2) is 0 Å². The zero-order valence-corrected chi connectivity index (χ0v) is 4.63. The van der Waals surface area contributed by atoms with Crippen LogP contribution < -0.4 is 5.73 Å². The van der Waals surface area contributed by atoms with Gasteiger partial charge in [0, 0.05) is 6.42 Å². The summed E-state index contributed by atoms with van der Waals surface area (Å²) in [7, 11) is 0. The third-order valence-electron chi connectivity index (χ3n) is 0.737. The van der Waals surface area contributed by atoms with Crippen molar-refractivity contribution in [2.24, 2.45) is 5.73 Å². The summed E-state index contributed by atoms with van der Waals surface area (Å²) in [5, 5.41) is 6.34. The molecule has 0 rings (SSSR count). The van der Waals surface area contributed by atoms with Gasteiger partial charge in [-0.25, -0.2) is 0 Å². The first-order valence-electron chi connectivity index (χ1n) is 2.33. The third-order valence-corrected chi connectivity index (χ3v) is 0.737. The van der Waals surface area contributed by atoms with Gasteiger partial charge < -0.3 is 11.1 Å². The zero-order chi connectivity index (χ0) is 7.49. The van der Waals surface area contributed by atoms with Gasteiger partial charge in [0.15, 0.2) is 0 Å². The van der Waals surface area contributed by atoms with Crippen LogP contribution in [0.4, 0.5) is 13.2 Å². The summed E-state index contributed by atoms with van der Waals surface area (Å²) in [5.41, 5.74) is 3.53. The monoisotopic (exact) mass is 140 g/mol. The highest BCUT2D eigenvalue weighted by molar-refractivity contribution is 5.86. The molecule has 5 heteroatoms. The van der Waals surface area contributed by atoms with Gasteiger partial charge >= 0.3 is 6.18 Å². The summed E-state index contributed by atoms with van der Waals surface area (Å²) in [5.74, 6) is 0. The smallest absolute Gasteiger partial charge is 0.330 e. The van der Waals surface area contributed by atoms with Gasteiger partial charge in [-0.05, 0) is 6.54 Å². The predicted octanol–water partition coefficient (Wildman–Crippen LogP) is 0.917. The van der Waals surface area contributed by atoms with Crippen molar-refractivity contribution in [2.45, 2.75) is 12.6 Å². The van der Waals surface area contributed by atoms with E-state index in [2.05, 4.69) is 0 Å². The summed E-state index contributed by atoms with van der Waals surface area (Å²) in [6.07, 6.45) is -4.89. The van der Waals surface area contributed by atoms with Crippen LogP contribution in [0.3, 0.4) is 0 Å². The number of nitrogens with two attached hydrogens (primary N) is 1. The molecular formula is C4H7F3N2. The van der Waals surface area contributed by atoms with Crippen molar-refractivity contribution in [3.05, 3.63) is 0 Å². The Hall–Kier alpha value is -0.580. The molecule has 0 aliphatic carbocycles. The summed E-state index contributed by atoms with van der Waals surface area (Å²) in [4.78, 5) is 0. The molecule has 0 saturated carbocycles. The van der Waals surface area contributed by atoms with E-state index in [4.69, 9.17) is 11.1 Å². The molecule has 0 amide bonds. The summed E-state index contributed by atoms with van der Waals surface area (Å²) >= 11 is 0. The largest absolute Gasteiger partial charge is 0.428 e. The second kappa shape index (κ2) is 2.82. The molecule has 3 N–H and O–H groups in total. The topological polar surface area (TPSA) is 49.9 Å². The van der Waals surface area contributed by atoms with Crippen molar-refractivity contribution in [1.29, 1.82) is 5.41 Å². The van der Waals surface area contributed by atoms with Crippen molar-refractivity contribution in [3.63, 3.8) is 0 Å². The third kappa shape index (κ3) is 3.07. The predicted molar refractivity (Wildman–Crippen MR) is 27.5 cm³/mol. The number of rotatable bonds is 2. The first kappa shape index (κ1) is 8.42. The van der Waals surface area contributed by atoms with Crippen LogP contribution in [0.25, 0.3) is 0 Å². The lowest BCUT2D eigenvalue weighted by molar-refractivity contribution is -0.0611. The minimum Gasteiger partial charge on any atom is -0.330 e. The molecule has 9 heavy (non-hydrogen) atoms. The van der Waals surface area contributed by atoms with E-state index in [1.54, 1.807) is 0 Å². The standard InChI is InChI=1S/C4H7F3N2/c5-4(6,7)3(9)1-2-8/h9H,1-2,8H2. The zero-order valence-electron chi connectivity index (χ0n) is 4.63. The Labute approximate surface area is 50.4 Å². The fraction of sp³-hybridized carbons (Fsp3) is 0.750. The molecule has 0 atom stereocenters. The Morgan fingerprint density at radius 3 is 2.00 bits per heavy atom. The fourth-order valence-electron chi connectivity index (χ4n) is 0.286. The average molecular weight is 140 g/mol. The molecular weight excluding hydrogens is 133 g/mol. The second-order valence-electron chi connectivity index (χ2n) is 1.51. The van der Waals surface area contributed by atoms with Crippen molar-refractivity contribution in [1.82, 2.24) is 0 Å². The average Bonchev–Trinajstić information content (AvgIpc) is 1.64. The molecule has 0 radical (unpaired) electrons. The summed E-state index contributed by atoms with van der Waals surface area (Å²) in [6.45, 7) is -0.127. The lowest BCUT2D eigenvalue weighted by Crippen LogP contribution is -2.24. The molecule has 0 spiro atoms. The first-order chi connectivity index (χ1) is 3.98. The minimum atomic E-state index is -4.49. The molecule has 2 nitrogen and oxygen atoms in total. The van der Waals surface area contributed by atoms with Crippen LogP contribution >= 0.6 is 0 Å². The Kier molecular flexibility index (Phi) is 2.64. The normalized spacial score (nSPS) is 11.6. The van der Waals surface area contributed by atoms with Crippen LogP contribution in [-0.4, -0.2) is 18.4 Å². The quantitative estimate of drug-likeness (QED) is 0.550. The van der Waals surface area contributed by atoms with Gasteiger partial charge in [-0.3, -0.25) is 0 Å². The Balaban J connectivity index is 3.74. The Morgan fingerprint density at radius 2 is 1.89 bits per heavy atom. The molecule has 0 aliphatic rings. The van der Waals surface area contributed by atoms with Crippen molar-refractivity contribution in [3.8, 4) is 0 Å². The SMILES string of the molecule is N=C(CCN)C(F)(F)F. The Morgan fingerprint density at radius 1 is 1.44 bits per heavy atom. The van der Waals surface area contributed by atoms with E-state index in [1.807, 2.05) is 0 Å². The van der Waals surface area contributed by atoms with E-state index < -0.39 is 18.3 Å². The molecule has 0 aromatic rings. The highest BCUT2D eigenvalue weighted by Gasteiger charge is 2.32. The van der Waals surface area contributed by atoms with Gasteiger partial charge in [-0.1, -0.05) is 0 Å². The van der Waals surface area contributed by atoms with Crippen LogP contribution in [0, 0.1) is 5.41 Å². The number of hydrogen-bond donors (Lipinski definition) is 2. The lowest BCUT2D eigenvalue weighted by Gasteiger charge is -2.04. The van der Waals surface area contributed by atoms with Gasteiger partial charge in [0.25, 0.3) is 0 Å². The van der Waals surface area contributed by atoms with E-state index in [0.717, 1.165) is 0 Å². The van der Waals surface area contributed by atoms with Crippen molar-refractivity contribution >= 4 is 5.71 Å². The number of alkyl halides is 3. The van der Waals surface area contributed by atoms with Gasteiger partial charge in [-0.2, -0.15) is 13.2 Å². The number of halogens is 3. The van der Waals surface area contributed by atoms with E-state index in [-0.39, 0.29) is 6.54 Å². The molecule has 0 aliphatic heterocycles. The van der Waals surface area contributed by atoms with Gasteiger partial charge in [-0.15, -0.1) is 0 Å². The van der Waals surface area contributed by atoms with Crippen molar-refractivity contribution < 1.29 is 13.2 Å². The van der Waals surface area contributed by atoms with E-state index in [9.17, 15) is 13.2 Å². The van der Waals surface area contributed by atoms with Crippen molar-refractivity contribution in [2.75, 3.05) is 6.54 Å². The maximum absolute atomic E-state index is 11.4. The maximum atomic E-state index is 11.4. The van der Waals surface area contributed by atoms with Gasteiger partial charge in [0.05, 0.1) is 0 Å². The van der Waals surface area contributed by atoms with E-state index >= 15 is 0 Å². The molecule has 54 valence electrons. The second-order valence-corrected chi connectivity index (χ2v) is 1.51. The van der Waals surface area contributed by atoms with E-state index in [1.165, 1.54) is 0 Å². The molecule has 0 aromatic carbocycles. The molecule has 0 aromatic heterocycles. The summed E-state index contributed by atoms with van der Waals surface area (Å²) in [6, 6.07) is 0. The van der Waals surface area contributed by atoms with Crippen LogP contribution in [-0.2, 0) is 0 Å². The molecule has 0 heterocycles. The molecule has 0 bridgehead atoms. The summed E-state index contributed by atoms with van der Waals surface area (Å²) < 4.78 is 34.1. The maximum Gasteiger partial charge on any atom is 0.428 e. The van der Waals surface area contributed by atoms with Crippen LogP contribution in [0.5, 0.6) is 0 Å². The molecule has 0 unspecified atom stereocenters. The first-order valence-corrected chi connectivity index (χ1v) is 2.33. The van der Waals surface area contributed by atoms with Crippen LogP contribution in [0.1, 0.15) is 6.42 Å². The minimum absolute atomic E-state index is 0.127. The number of nitrogens with one attached hydrogen (secondary N) is 1. The van der Waals surface area contributed by atoms with E-state index in [0.29, 0.717) is 0 Å². The van der Waals surface area contributed by atoms with Crippen LogP contribution in [0.2, 0.25) is 0 Å². The highest BCUT2D eigenvalue weighted by Crippen LogP contribution is 2.17. The Bertz CT molecular complexity index is 107.